The van der Waals surface area contributed by atoms with Crippen molar-refractivity contribution in [3.63, 3.8) is 0 Å². The lowest BCUT2D eigenvalue weighted by molar-refractivity contribution is -0.870. The summed E-state index contributed by atoms with van der Waals surface area (Å²) in [7, 11) is 1.36. The molecule has 2 unspecified atom stereocenters. The zero-order valence-corrected chi connectivity index (χ0v) is 37.8. The van der Waals surface area contributed by atoms with Crippen molar-refractivity contribution in [3.05, 3.63) is 24.3 Å². The van der Waals surface area contributed by atoms with E-state index >= 15 is 0 Å². The van der Waals surface area contributed by atoms with Crippen LogP contribution in [0.15, 0.2) is 24.3 Å². The van der Waals surface area contributed by atoms with Crippen molar-refractivity contribution in [3.8, 4) is 0 Å². The predicted molar refractivity (Wildman–Crippen MR) is 231 cm³/mol. The lowest BCUT2D eigenvalue weighted by Gasteiger charge is -2.28. The van der Waals surface area contributed by atoms with Crippen LogP contribution in [0.5, 0.6) is 0 Å². The summed E-state index contributed by atoms with van der Waals surface area (Å²) in [6, 6.07) is 0. The van der Waals surface area contributed by atoms with Crippen molar-refractivity contribution in [2.24, 2.45) is 0 Å². The number of ether oxygens (including phenoxy) is 2. The van der Waals surface area contributed by atoms with Gasteiger partial charge in [-0.15, -0.1) is 0 Å². The van der Waals surface area contributed by atoms with Crippen LogP contribution in [0.25, 0.3) is 0 Å². The maximum atomic E-state index is 12.6. The van der Waals surface area contributed by atoms with Crippen LogP contribution < -0.4 is 4.89 Å². The normalized spacial score (nSPS) is 13.9. The highest BCUT2D eigenvalue weighted by atomic mass is 31.2. The number of nitrogens with zero attached hydrogens (tertiary/aromatic N) is 1. The van der Waals surface area contributed by atoms with Gasteiger partial charge in [0.1, 0.15) is 19.3 Å². The standard InChI is InChI=1S/C46H90NO7P/c1-6-8-10-12-14-16-18-19-20-21-22-23-24-25-26-27-28-30-32-34-36-38-41-51-43-45(44-53-55(49,50)52-42-40-47(3,4)5)54-46(48)39-37-35-33-31-29-17-15-13-11-9-7-2/h18-19,21-22,45H,6-17,20,23-44H2,1-5H3/b19-18-,22-21-. The van der Waals surface area contributed by atoms with Crippen LogP contribution in [0.4, 0.5) is 0 Å². The van der Waals surface area contributed by atoms with Gasteiger partial charge in [-0.05, 0) is 44.9 Å². The molecule has 0 saturated carbocycles. The van der Waals surface area contributed by atoms with Crippen LogP contribution >= 0.6 is 7.82 Å². The van der Waals surface area contributed by atoms with E-state index in [1.807, 2.05) is 21.1 Å². The van der Waals surface area contributed by atoms with E-state index in [1.165, 1.54) is 148 Å². The van der Waals surface area contributed by atoms with Gasteiger partial charge in [-0.1, -0.05) is 179 Å². The summed E-state index contributed by atoms with van der Waals surface area (Å²) in [6.07, 6.45) is 44.8. The van der Waals surface area contributed by atoms with Gasteiger partial charge in [0.25, 0.3) is 7.82 Å². The number of carbonyl (C=O) groups excluding carboxylic acids is 1. The Kier molecular flexibility index (Phi) is 39.1. The second-order valence-electron chi connectivity index (χ2n) is 16.8. The van der Waals surface area contributed by atoms with Crippen molar-refractivity contribution in [2.45, 2.75) is 213 Å². The largest absolute Gasteiger partial charge is 0.756 e. The first-order chi connectivity index (χ1) is 26.6. The minimum Gasteiger partial charge on any atom is -0.756 e. The van der Waals surface area contributed by atoms with Gasteiger partial charge in [0.05, 0.1) is 34.4 Å². The summed E-state index contributed by atoms with van der Waals surface area (Å²) in [6.45, 7) is 5.41. The fourth-order valence-corrected chi connectivity index (χ4v) is 7.13. The summed E-state index contributed by atoms with van der Waals surface area (Å²) < 4.78 is 34.6. The molecule has 9 heteroatoms. The number of phosphoric ester groups is 1. The Morgan fingerprint density at radius 1 is 0.564 bits per heavy atom. The lowest BCUT2D eigenvalue weighted by atomic mass is 10.1. The van der Waals surface area contributed by atoms with Crippen LogP contribution in [0, 0.1) is 0 Å². The zero-order valence-electron chi connectivity index (χ0n) is 36.9. The fraction of sp³-hybridized carbons (Fsp3) is 0.891. The first kappa shape index (κ1) is 54.0. The van der Waals surface area contributed by atoms with Crippen LogP contribution in [0.3, 0.4) is 0 Å². The first-order valence-electron chi connectivity index (χ1n) is 23.1. The third kappa shape index (κ3) is 43.9. The highest BCUT2D eigenvalue weighted by molar-refractivity contribution is 7.45. The SMILES string of the molecule is CCCCCCC/C=C\C/C=C\CCCCCCCCCCCCOCC(COP(=O)([O-])OCC[N+](C)(C)C)OC(=O)CCCCCCCCCCCCC. The molecule has 0 bridgehead atoms. The zero-order chi connectivity index (χ0) is 40.6. The summed E-state index contributed by atoms with van der Waals surface area (Å²) >= 11 is 0. The van der Waals surface area contributed by atoms with Crippen molar-refractivity contribution in [2.75, 3.05) is 54.1 Å². The molecule has 0 amide bonds. The number of allylic oxidation sites excluding steroid dienone is 4. The molecule has 0 aromatic rings. The highest BCUT2D eigenvalue weighted by Gasteiger charge is 2.20. The quantitative estimate of drug-likeness (QED) is 0.0199. The van der Waals surface area contributed by atoms with E-state index in [0.29, 0.717) is 24.1 Å². The molecule has 0 aromatic heterocycles. The number of hydrogen-bond acceptors (Lipinski definition) is 7. The van der Waals surface area contributed by atoms with Gasteiger partial charge >= 0.3 is 5.97 Å². The summed E-state index contributed by atoms with van der Waals surface area (Å²) in [5, 5.41) is 0. The van der Waals surface area contributed by atoms with Crippen molar-refractivity contribution in [1.82, 2.24) is 0 Å². The average Bonchev–Trinajstić information content (AvgIpc) is 3.13. The Labute approximate surface area is 341 Å². The van der Waals surface area contributed by atoms with Gasteiger partial charge in [0.15, 0.2) is 0 Å². The molecule has 0 heterocycles. The van der Waals surface area contributed by atoms with Gasteiger partial charge in [0, 0.05) is 13.0 Å². The number of rotatable bonds is 43. The molecule has 55 heavy (non-hydrogen) atoms. The molecule has 0 rings (SSSR count). The number of unbranched alkanes of at least 4 members (excludes halogenated alkanes) is 25. The third-order valence-corrected chi connectivity index (χ3v) is 11.0. The molecule has 0 aliphatic carbocycles. The molecule has 326 valence electrons. The first-order valence-corrected chi connectivity index (χ1v) is 24.5. The van der Waals surface area contributed by atoms with Crippen molar-refractivity contribution < 1.29 is 37.3 Å². The van der Waals surface area contributed by atoms with E-state index in [0.717, 1.165) is 38.5 Å². The van der Waals surface area contributed by atoms with Gasteiger partial charge in [0.2, 0.25) is 0 Å². The number of esters is 1. The molecule has 0 spiro atoms. The van der Waals surface area contributed by atoms with Crippen LogP contribution in [-0.2, 0) is 27.9 Å². The van der Waals surface area contributed by atoms with Gasteiger partial charge < -0.3 is 27.9 Å². The smallest absolute Gasteiger partial charge is 0.306 e. The molecule has 0 aliphatic heterocycles. The van der Waals surface area contributed by atoms with E-state index in [4.69, 9.17) is 18.5 Å². The van der Waals surface area contributed by atoms with Gasteiger partial charge in [-0.2, -0.15) is 0 Å². The predicted octanol–water partition coefficient (Wildman–Crippen LogP) is 13.0. The minimum absolute atomic E-state index is 0.0275. The van der Waals surface area contributed by atoms with Crippen LogP contribution in [0.2, 0.25) is 0 Å². The van der Waals surface area contributed by atoms with E-state index in [2.05, 4.69) is 38.2 Å². The second-order valence-corrected chi connectivity index (χ2v) is 18.2. The highest BCUT2D eigenvalue weighted by Crippen LogP contribution is 2.38. The molecule has 2 atom stereocenters. The number of quaternary nitrogens is 1. The fourth-order valence-electron chi connectivity index (χ4n) is 6.40. The molecule has 8 nitrogen and oxygen atoms in total. The summed E-state index contributed by atoms with van der Waals surface area (Å²) in [5.74, 6) is -0.335. The maximum Gasteiger partial charge on any atom is 0.306 e. The third-order valence-electron chi connectivity index (χ3n) is 10.0. The van der Waals surface area contributed by atoms with E-state index < -0.39 is 13.9 Å². The Balaban J connectivity index is 4.11. The Morgan fingerprint density at radius 2 is 1.00 bits per heavy atom. The molecule has 0 fully saturated rings. The molecule has 0 aliphatic rings. The van der Waals surface area contributed by atoms with Crippen LogP contribution in [-0.4, -0.2) is 70.7 Å². The lowest BCUT2D eigenvalue weighted by Crippen LogP contribution is -2.37. The second kappa shape index (κ2) is 39.8. The molecule has 0 aromatic carbocycles. The average molecular weight is 800 g/mol. The Hall–Kier alpha value is -1.02. The van der Waals surface area contributed by atoms with Gasteiger partial charge in [-0.25, -0.2) is 0 Å². The number of likely N-dealkylation sites (N-methyl/N-ethyl adjacent to an activating group) is 1. The van der Waals surface area contributed by atoms with Crippen molar-refractivity contribution in [1.29, 1.82) is 0 Å². The number of hydrogen-bond donors (Lipinski definition) is 0. The van der Waals surface area contributed by atoms with E-state index in [9.17, 15) is 14.3 Å². The number of phosphoric acid groups is 1. The molecule has 0 radical (unpaired) electrons. The minimum atomic E-state index is -4.52. The number of carbonyl (C=O) groups is 1. The molecular formula is C46H90NO7P. The van der Waals surface area contributed by atoms with E-state index in [-0.39, 0.29) is 25.8 Å². The van der Waals surface area contributed by atoms with Crippen molar-refractivity contribution >= 4 is 13.8 Å². The Bertz CT molecular complexity index is 936. The summed E-state index contributed by atoms with van der Waals surface area (Å²) in [4.78, 5) is 25.0. The molecule has 0 N–H and O–H groups in total. The van der Waals surface area contributed by atoms with Gasteiger partial charge in [-0.3, -0.25) is 9.36 Å². The topological polar surface area (TPSA) is 94.1 Å². The maximum absolute atomic E-state index is 12.6. The summed E-state index contributed by atoms with van der Waals surface area (Å²) in [5.41, 5.74) is 0. The molecular weight excluding hydrogens is 709 g/mol. The van der Waals surface area contributed by atoms with E-state index in [1.54, 1.807) is 0 Å². The monoisotopic (exact) mass is 800 g/mol. The Morgan fingerprint density at radius 3 is 1.47 bits per heavy atom. The van der Waals surface area contributed by atoms with Crippen LogP contribution in [0.1, 0.15) is 206 Å². The molecule has 0 saturated heterocycles.